The SMILES string of the molecule is Cc1nc2ccc(-c3cccc(OC[C@H](O)CO)c3)nn2c1C(=O)NC(N)=S. The lowest BCUT2D eigenvalue weighted by Crippen LogP contribution is -2.35. The standard InChI is InChI=1S/C18H19N5O4S/c1-10-16(17(26)21-18(19)28)23-15(20-10)6-5-14(22-23)11-3-2-4-13(7-11)27-9-12(25)8-24/h2-7,12,24-25H,8-9H2,1H3,(H3,19,21,26,28)/t12-/m1/s1. The van der Waals surface area contributed by atoms with Gasteiger partial charge >= 0.3 is 0 Å². The summed E-state index contributed by atoms with van der Waals surface area (Å²) in [6.45, 7) is 1.29. The van der Waals surface area contributed by atoms with Gasteiger partial charge in [0.25, 0.3) is 5.91 Å². The molecule has 2 aromatic heterocycles. The fourth-order valence-corrected chi connectivity index (χ4v) is 2.71. The van der Waals surface area contributed by atoms with Gasteiger partial charge in [0.2, 0.25) is 0 Å². The van der Waals surface area contributed by atoms with Gasteiger partial charge in [-0.15, -0.1) is 0 Å². The Morgan fingerprint density at radius 1 is 1.39 bits per heavy atom. The molecule has 1 atom stereocenters. The number of carbonyl (C=O) groups excluding carboxylic acids is 1. The first-order chi connectivity index (χ1) is 13.4. The van der Waals surface area contributed by atoms with Gasteiger partial charge in [-0.25, -0.2) is 9.50 Å². The zero-order valence-corrected chi connectivity index (χ0v) is 15.8. The number of nitrogens with zero attached hydrogens (tertiary/aromatic N) is 3. The lowest BCUT2D eigenvalue weighted by atomic mass is 10.1. The molecule has 0 radical (unpaired) electrons. The highest BCUT2D eigenvalue weighted by atomic mass is 32.1. The predicted octanol–water partition coefficient (Wildman–Crippen LogP) is 0.410. The number of imidazole rings is 1. The number of aliphatic hydroxyl groups is 2. The predicted molar refractivity (Wildman–Crippen MR) is 106 cm³/mol. The molecule has 5 N–H and O–H groups in total. The molecule has 0 aliphatic rings. The summed E-state index contributed by atoms with van der Waals surface area (Å²) in [6.07, 6.45) is -0.957. The minimum atomic E-state index is -0.957. The summed E-state index contributed by atoms with van der Waals surface area (Å²) in [5, 5.41) is 25.1. The van der Waals surface area contributed by atoms with Crippen LogP contribution in [0.15, 0.2) is 36.4 Å². The zero-order chi connectivity index (χ0) is 20.3. The van der Waals surface area contributed by atoms with Gasteiger partial charge in [0, 0.05) is 5.56 Å². The molecule has 0 unspecified atom stereocenters. The van der Waals surface area contributed by atoms with Gasteiger partial charge in [-0.1, -0.05) is 12.1 Å². The Labute approximate surface area is 165 Å². The van der Waals surface area contributed by atoms with E-state index in [0.29, 0.717) is 22.8 Å². The maximum absolute atomic E-state index is 12.4. The van der Waals surface area contributed by atoms with E-state index in [1.165, 1.54) is 4.52 Å². The zero-order valence-electron chi connectivity index (χ0n) is 15.0. The van der Waals surface area contributed by atoms with Gasteiger partial charge in [-0.2, -0.15) is 5.10 Å². The first kappa shape index (κ1) is 19.7. The summed E-state index contributed by atoms with van der Waals surface area (Å²) in [4.78, 5) is 16.7. The lowest BCUT2D eigenvalue weighted by Gasteiger charge is -2.11. The molecule has 28 heavy (non-hydrogen) atoms. The number of fused-ring (bicyclic) bond motifs is 1. The van der Waals surface area contributed by atoms with E-state index in [1.54, 1.807) is 37.3 Å². The molecular formula is C18H19N5O4S. The highest BCUT2D eigenvalue weighted by Gasteiger charge is 2.19. The molecule has 0 fully saturated rings. The Bertz CT molecular complexity index is 1040. The van der Waals surface area contributed by atoms with Gasteiger partial charge in [0.15, 0.2) is 16.5 Å². The van der Waals surface area contributed by atoms with Crippen LogP contribution in [0.5, 0.6) is 5.75 Å². The molecule has 0 aliphatic carbocycles. The summed E-state index contributed by atoms with van der Waals surface area (Å²) in [5.41, 5.74) is 7.96. The minimum absolute atomic E-state index is 0.0313. The van der Waals surface area contributed by atoms with Crippen molar-refractivity contribution in [2.45, 2.75) is 13.0 Å². The van der Waals surface area contributed by atoms with E-state index < -0.39 is 12.0 Å². The normalized spacial score (nSPS) is 12.0. The second-order valence-electron chi connectivity index (χ2n) is 6.03. The number of carbonyl (C=O) groups is 1. The molecule has 1 amide bonds. The van der Waals surface area contributed by atoms with Crippen LogP contribution in [0.25, 0.3) is 16.9 Å². The number of hydrogen-bond acceptors (Lipinski definition) is 7. The topological polar surface area (TPSA) is 135 Å². The first-order valence-electron chi connectivity index (χ1n) is 8.38. The molecule has 146 valence electrons. The molecular weight excluding hydrogens is 382 g/mol. The first-order valence-corrected chi connectivity index (χ1v) is 8.79. The third-order valence-corrected chi connectivity index (χ3v) is 3.99. The van der Waals surface area contributed by atoms with Crippen molar-refractivity contribution in [1.29, 1.82) is 0 Å². The summed E-state index contributed by atoms with van der Waals surface area (Å²) >= 11 is 4.73. The van der Waals surface area contributed by atoms with E-state index in [-0.39, 0.29) is 24.0 Å². The van der Waals surface area contributed by atoms with E-state index in [9.17, 15) is 9.90 Å². The minimum Gasteiger partial charge on any atom is -0.491 e. The summed E-state index contributed by atoms with van der Waals surface area (Å²) in [6, 6.07) is 10.6. The molecule has 3 rings (SSSR count). The summed E-state index contributed by atoms with van der Waals surface area (Å²) in [7, 11) is 0. The van der Waals surface area contributed by atoms with Crippen LogP contribution < -0.4 is 15.8 Å². The van der Waals surface area contributed by atoms with Gasteiger partial charge in [-0.05, 0) is 43.4 Å². The van der Waals surface area contributed by atoms with E-state index in [1.807, 2.05) is 6.07 Å². The van der Waals surface area contributed by atoms with Crippen molar-refractivity contribution in [3.63, 3.8) is 0 Å². The maximum atomic E-state index is 12.4. The third-order valence-electron chi connectivity index (χ3n) is 3.89. The van der Waals surface area contributed by atoms with Crippen LogP contribution in [0, 0.1) is 6.92 Å². The number of thiocarbonyl (C=S) groups is 1. The Kier molecular flexibility index (Phi) is 5.83. The van der Waals surface area contributed by atoms with E-state index in [2.05, 4.69) is 15.4 Å². The van der Waals surface area contributed by atoms with Crippen molar-refractivity contribution in [2.75, 3.05) is 13.2 Å². The second kappa shape index (κ2) is 8.30. The molecule has 0 spiro atoms. The fraction of sp³-hybridized carbons (Fsp3) is 0.222. The number of benzene rings is 1. The number of aromatic nitrogens is 3. The molecule has 0 saturated carbocycles. The van der Waals surface area contributed by atoms with Crippen LogP contribution in [-0.2, 0) is 0 Å². The average molecular weight is 401 g/mol. The Morgan fingerprint density at radius 2 is 2.18 bits per heavy atom. The number of aliphatic hydroxyl groups excluding tert-OH is 2. The van der Waals surface area contributed by atoms with Crippen LogP contribution in [0.2, 0.25) is 0 Å². The summed E-state index contributed by atoms with van der Waals surface area (Å²) < 4.78 is 6.90. The van der Waals surface area contributed by atoms with Crippen LogP contribution >= 0.6 is 12.2 Å². The van der Waals surface area contributed by atoms with Crippen molar-refractivity contribution in [2.24, 2.45) is 5.73 Å². The van der Waals surface area contributed by atoms with Gasteiger partial charge < -0.3 is 20.7 Å². The Morgan fingerprint density at radius 3 is 2.89 bits per heavy atom. The molecule has 10 heteroatoms. The van der Waals surface area contributed by atoms with E-state index >= 15 is 0 Å². The number of nitrogens with two attached hydrogens (primary N) is 1. The largest absolute Gasteiger partial charge is 0.491 e. The monoisotopic (exact) mass is 401 g/mol. The molecule has 0 aliphatic heterocycles. The van der Waals surface area contributed by atoms with Crippen molar-refractivity contribution in [1.82, 2.24) is 19.9 Å². The number of aryl methyl sites for hydroxylation is 1. The molecule has 2 heterocycles. The third kappa shape index (κ3) is 4.25. The van der Waals surface area contributed by atoms with Crippen LogP contribution in [0.1, 0.15) is 16.2 Å². The van der Waals surface area contributed by atoms with Gasteiger partial charge in [0.05, 0.1) is 18.0 Å². The smallest absolute Gasteiger partial charge is 0.278 e. The number of hydrogen-bond donors (Lipinski definition) is 4. The highest BCUT2D eigenvalue weighted by Crippen LogP contribution is 2.23. The number of ether oxygens (including phenoxy) is 1. The van der Waals surface area contributed by atoms with E-state index in [0.717, 1.165) is 5.56 Å². The fourth-order valence-electron chi connectivity index (χ4n) is 2.62. The number of rotatable bonds is 6. The molecule has 9 nitrogen and oxygen atoms in total. The van der Waals surface area contributed by atoms with Crippen LogP contribution in [-0.4, -0.2) is 55.1 Å². The van der Waals surface area contributed by atoms with Crippen molar-refractivity contribution < 1.29 is 19.7 Å². The Balaban J connectivity index is 1.96. The van der Waals surface area contributed by atoms with Crippen molar-refractivity contribution in [3.05, 3.63) is 47.8 Å². The van der Waals surface area contributed by atoms with Gasteiger partial charge in [0.1, 0.15) is 18.5 Å². The maximum Gasteiger partial charge on any atom is 0.278 e. The average Bonchev–Trinajstić information content (AvgIpc) is 3.00. The molecule has 0 bridgehead atoms. The number of nitrogens with one attached hydrogen (secondary N) is 1. The highest BCUT2D eigenvalue weighted by molar-refractivity contribution is 7.80. The second-order valence-corrected chi connectivity index (χ2v) is 6.47. The van der Waals surface area contributed by atoms with Crippen LogP contribution in [0.3, 0.4) is 0 Å². The number of amides is 1. The Hall–Kier alpha value is -3.08. The molecule has 3 aromatic rings. The van der Waals surface area contributed by atoms with Crippen LogP contribution in [0.4, 0.5) is 0 Å². The van der Waals surface area contributed by atoms with Gasteiger partial charge in [-0.3, -0.25) is 10.1 Å². The lowest BCUT2D eigenvalue weighted by molar-refractivity contribution is 0.0536. The molecule has 1 aromatic carbocycles. The van der Waals surface area contributed by atoms with Crippen molar-refractivity contribution >= 4 is 28.9 Å². The summed E-state index contributed by atoms with van der Waals surface area (Å²) in [5.74, 6) is 0.0254. The quantitative estimate of drug-likeness (QED) is 0.436. The van der Waals surface area contributed by atoms with E-state index in [4.69, 9.17) is 27.8 Å². The molecule has 0 saturated heterocycles. The van der Waals surface area contributed by atoms with Crippen molar-refractivity contribution in [3.8, 4) is 17.0 Å².